The summed E-state index contributed by atoms with van der Waals surface area (Å²) in [5.41, 5.74) is 2.38. The number of hydrogen-bond acceptors (Lipinski definition) is 1. The van der Waals surface area contributed by atoms with E-state index in [2.05, 4.69) is 37.4 Å². The van der Waals surface area contributed by atoms with Crippen LogP contribution in [0.1, 0.15) is 68.9 Å². The number of amides is 1. The van der Waals surface area contributed by atoms with Gasteiger partial charge in [-0.2, -0.15) is 0 Å². The first-order valence-electron chi connectivity index (χ1n) is 10.8. The van der Waals surface area contributed by atoms with Crippen molar-refractivity contribution in [2.75, 3.05) is 6.54 Å². The molecule has 2 aromatic carbocycles. The lowest BCUT2D eigenvalue weighted by Crippen LogP contribution is -2.36. The van der Waals surface area contributed by atoms with Gasteiger partial charge in [-0.3, -0.25) is 4.79 Å². The highest BCUT2D eigenvalue weighted by molar-refractivity contribution is 6.35. The molecule has 1 saturated carbocycles. The quantitative estimate of drug-likeness (QED) is 0.442. The van der Waals surface area contributed by atoms with Crippen LogP contribution in [0, 0.1) is 11.8 Å². The van der Waals surface area contributed by atoms with Crippen LogP contribution >= 0.6 is 34.8 Å². The molecule has 0 saturated heterocycles. The molecule has 0 unspecified atom stereocenters. The summed E-state index contributed by atoms with van der Waals surface area (Å²) >= 11 is 18.9. The highest BCUT2D eigenvalue weighted by atomic mass is 35.5. The van der Waals surface area contributed by atoms with Gasteiger partial charge in [0.25, 0.3) is 0 Å². The SMILES string of the molecule is CC(C)CCC(=O)NC[C@@H]1CCC[C@@H](c2ccc(Cl)cc2Cl)[C@@H]1c1ccc(Cl)cc1. The van der Waals surface area contributed by atoms with Gasteiger partial charge in [0.2, 0.25) is 5.91 Å². The predicted molar refractivity (Wildman–Crippen MR) is 128 cm³/mol. The molecule has 1 aliphatic carbocycles. The van der Waals surface area contributed by atoms with Gasteiger partial charge in [0.15, 0.2) is 0 Å². The van der Waals surface area contributed by atoms with E-state index < -0.39 is 0 Å². The minimum Gasteiger partial charge on any atom is -0.356 e. The first kappa shape index (κ1) is 23.4. The molecular weight excluding hydrogens is 437 g/mol. The lowest BCUT2D eigenvalue weighted by molar-refractivity contribution is -0.121. The second-order valence-electron chi connectivity index (χ2n) is 8.78. The summed E-state index contributed by atoms with van der Waals surface area (Å²) in [6.07, 6.45) is 4.76. The van der Waals surface area contributed by atoms with E-state index in [0.29, 0.717) is 34.8 Å². The fourth-order valence-corrected chi connectivity index (χ4v) is 5.28. The Hall–Kier alpha value is -1.22. The van der Waals surface area contributed by atoms with Gasteiger partial charge < -0.3 is 5.32 Å². The molecule has 2 nitrogen and oxygen atoms in total. The third-order valence-corrected chi connectivity index (χ3v) is 6.97. The lowest BCUT2D eigenvalue weighted by atomic mass is 9.66. The maximum Gasteiger partial charge on any atom is 0.220 e. The average molecular weight is 467 g/mol. The molecule has 0 aromatic heterocycles. The van der Waals surface area contributed by atoms with Crippen molar-refractivity contribution in [2.45, 2.75) is 57.8 Å². The van der Waals surface area contributed by atoms with Crippen molar-refractivity contribution in [3.05, 3.63) is 68.7 Å². The molecule has 0 aliphatic heterocycles. The summed E-state index contributed by atoms with van der Waals surface area (Å²) in [7, 11) is 0. The number of carbonyl (C=O) groups excluding carboxylic acids is 1. The summed E-state index contributed by atoms with van der Waals surface area (Å²) < 4.78 is 0. The molecule has 0 bridgehead atoms. The van der Waals surface area contributed by atoms with E-state index in [1.807, 2.05) is 24.3 Å². The molecule has 5 heteroatoms. The normalized spacial score (nSPS) is 21.6. The van der Waals surface area contributed by atoms with E-state index in [1.165, 1.54) is 5.56 Å². The van der Waals surface area contributed by atoms with Crippen molar-refractivity contribution in [2.24, 2.45) is 11.8 Å². The predicted octanol–water partition coefficient (Wildman–Crippen LogP) is 7.87. The van der Waals surface area contributed by atoms with Crippen LogP contribution in [-0.4, -0.2) is 12.5 Å². The maximum absolute atomic E-state index is 12.4. The summed E-state index contributed by atoms with van der Waals surface area (Å²) in [5.74, 6) is 1.57. The highest BCUT2D eigenvalue weighted by Gasteiger charge is 2.36. The van der Waals surface area contributed by atoms with Crippen LogP contribution in [0.5, 0.6) is 0 Å². The average Bonchev–Trinajstić information content (AvgIpc) is 2.71. The summed E-state index contributed by atoms with van der Waals surface area (Å²) in [4.78, 5) is 12.4. The van der Waals surface area contributed by atoms with Gasteiger partial charge in [0, 0.05) is 28.0 Å². The van der Waals surface area contributed by atoms with Crippen molar-refractivity contribution in [1.29, 1.82) is 0 Å². The van der Waals surface area contributed by atoms with Crippen molar-refractivity contribution < 1.29 is 4.79 Å². The Morgan fingerprint density at radius 1 is 1.03 bits per heavy atom. The Labute approximate surface area is 195 Å². The van der Waals surface area contributed by atoms with Crippen LogP contribution in [-0.2, 0) is 4.79 Å². The maximum atomic E-state index is 12.4. The third-order valence-electron chi connectivity index (χ3n) is 6.16. The lowest BCUT2D eigenvalue weighted by Gasteiger charge is -2.39. The Morgan fingerprint density at radius 2 is 1.73 bits per heavy atom. The standard InChI is InChI=1S/C25H30Cl3NO/c1-16(2)6-13-24(30)29-15-18-4-3-5-22(21-12-11-20(27)14-23(21)28)25(18)17-7-9-19(26)10-8-17/h7-12,14,16,18,22,25H,3-6,13,15H2,1-2H3,(H,29,30)/t18-,22-,25+/m0/s1. The second-order valence-corrected chi connectivity index (χ2v) is 10.1. The smallest absolute Gasteiger partial charge is 0.220 e. The topological polar surface area (TPSA) is 29.1 Å². The van der Waals surface area contributed by atoms with Crippen molar-refractivity contribution >= 4 is 40.7 Å². The zero-order valence-electron chi connectivity index (χ0n) is 17.6. The molecular formula is C25H30Cl3NO. The number of carbonyl (C=O) groups is 1. The zero-order chi connectivity index (χ0) is 21.7. The van der Waals surface area contributed by atoms with Gasteiger partial charge in [-0.15, -0.1) is 0 Å². The first-order valence-corrected chi connectivity index (χ1v) is 12.0. The molecule has 3 rings (SSSR count). The highest BCUT2D eigenvalue weighted by Crippen LogP contribution is 2.49. The molecule has 0 spiro atoms. The Balaban J connectivity index is 1.85. The fraction of sp³-hybridized carbons (Fsp3) is 0.480. The third kappa shape index (κ3) is 6.15. The van der Waals surface area contributed by atoms with E-state index in [1.54, 1.807) is 0 Å². The molecule has 1 N–H and O–H groups in total. The van der Waals surface area contributed by atoms with E-state index in [9.17, 15) is 4.79 Å². The summed E-state index contributed by atoms with van der Waals surface area (Å²) in [5, 5.41) is 5.29. The largest absolute Gasteiger partial charge is 0.356 e. The molecule has 30 heavy (non-hydrogen) atoms. The van der Waals surface area contributed by atoms with Crippen molar-refractivity contribution in [1.82, 2.24) is 5.32 Å². The van der Waals surface area contributed by atoms with Crippen LogP contribution in [0.2, 0.25) is 15.1 Å². The summed E-state index contributed by atoms with van der Waals surface area (Å²) in [6.45, 7) is 4.98. The zero-order valence-corrected chi connectivity index (χ0v) is 19.9. The van der Waals surface area contributed by atoms with Gasteiger partial charge >= 0.3 is 0 Å². The van der Waals surface area contributed by atoms with Gasteiger partial charge in [-0.25, -0.2) is 0 Å². The number of hydrogen-bond donors (Lipinski definition) is 1. The molecule has 0 radical (unpaired) electrons. The Morgan fingerprint density at radius 3 is 2.40 bits per heavy atom. The van der Waals surface area contributed by atoms with Gasteiger partial charge in [0.05, 0.1) is 0 Å². The van der Waals surface area contributed by atoms with Crippen LogP contribution in [0.4, 0.5) is 0 Å². The monoisotopic (exact) mass is 465 g/mol. The fourth-order valence-electron chi connectivity index (χ4n) is 4.61. The van der Waals surface area contributed by atoms with Gasteiger partial charge in [-0.1, -0.05) is 73.3 Å². The van der Waals surface area contributed by atoms with Crippen LogP contribution < -0.4 is 5.32 Å². The summed E-state index contributed by atoms with van der Waals surface area (Å²) in [6, 6.07) is 13.9. The van der Waals surface area contributed by atoms with Gasteiger partial charge in [0.1, 0.15) is 0 Å². The number of nitrogens with one attached hydrogen (secondary N) is 1. The van der Waals surface area contributed by atoms with Crippen LogP contribution in [0.15, 0.2) is 42.5 Å². The first-order chi connectivity index (χ1) is 14.3. The van der Waals surface area contributed by atoms with E-state index in [4.69, 9.17) is 34.8 Å². The van der Waals surface area contributed by atoms with Crippen LogP contribution in [0.25, 0.3) is 0 Å². The molecule has 162 valence electrons. The van der Waals surface area contributed by atoms with Crippen molar-refractivity contribution in [3.8, 4) is 0 Å². The second kappa shape index (κ2) is 10.9. The van der Waals surface area contributed by atoms with E-state index in [0.717, 1.165) is 36.3 Å². The minimum atomic E-state index is 0.144. The Bertz CT molecular complexity index is 850. The van der Waals surface area contributed by atoms with Gasteiger partial charge in [-0.05, 0) is 78.3 Å². The van der Waals surface area contributed by atoms with E-state index in [-0.39, 0.29) is 17.7 Å². The molecule has 1 fully saturated rings. The van der Waals surface area contributed by atoms with E-state index >= 15 is 0 Å². The molecule has 2 aromatic rings. The number of rotatable bonds is 7. The van der Waals surface area contributed by atoms with Crippen molar-refractivity contribution in [3.63, 3.8) is 0 Å². The molecule has 0 heterocycles. The molecule has 3 atom stereocenters. The minimum absolute atomic E-state index is 0.144. The van der Waals surface area contributed by atoms with Crippen LogP contribution in [0.3, 0.4) is 0 Å². The number of halogens is 3. The molecule has 1 amide bonds. The number of benzene rings is 2. The Kier molecular flexibility index (Phi) is 8.51. The molecule has 1 aliphatic rings.